The Bertz CT molecular complexity index is 906. The second-order valence-electron chi connectivity index (χ2n) is 8.78. The number of likely N-dealkylation sites (tertiary alicyclic amines) is 1. The molecule has 3 amide bonds. The predicted octanol–water partition coefficient (Wildman–Crippen LogP) is -0.764. The summed E-state index contributed by atoms with van der Waals surface area (Å²) in [7, 11) is 0. The molecule has 0 bridgehead atoms. The lowest BCUT2D eigenvalue weighted by molar-refractivity contribution is -0.146. The van der Waals surface area contributed by atoms with Gasteiger partial charge in [-0.25, -0.2) is 9.78 Å². The summed E-state index contributed by atoms with van der Waals surface area (Å²) >= 11 is 0. The van der Waals surface area contributed by atoms with Gasteiger partial charge in [0.25, 0.3) is 0 Å². The Labute approximate surface area is 202 Å². The average molecular weight is 495 g/mol. The molecule has 0 saturated carbocycles. The molecule has 0 aliphatic carbocycles. The monoisotopic (exact) mass is 494 g/mol. The van der Waals surface area contributed by atoms with Crippen LogP contribution in [0.2, 0.25) is 0 Å². The minimum absolute atomic E-state index is 0.0473. The molecule has 13 heteroatoms. The highest BCUT2D eigenvalue weighted by Crippen LogP contribution is 2.20. The fraction of sp³-hybridized carbons (Fsp3) is 0.636. The van der Waals surface area contributed by atoms with Gasteiger partial charge in [-0.2, -0.15) is 0 Å². The number of H-pyrrole nitrogens is 1. The molecule has 1 aromatic rings. The third-order valence-corrected chi connectivity index (χ3v) is 6.21. The van der Waals surface area contributed by atoms with Crippen molar-refractivity contribution in [2.24, 2.45) is 11.7 Å². The molecule has 5 unspecified atom stereocenters. The van der Waals surface area contributed by atoms with E-state index in [2.05, 4.69) is 20.6 Å². The van der Waals surface area contributed by atoms with E-state index in [0.29, 0.717) is 25.0 Å². The van der Waals surface area contributed by atoms with Gasteiger partial charge in [0.1, 0.15) is 18.1 Å². The van der Waals surface area contributed by atoms with Gasteiger partial charge in [-0.05, 0) is 25.2 Å². The maximum absolute atomic E-state index is 13.5. The predicted molar refractivity (Wildman–Crippen MR) is 123 cm³/mol. The number of carboxylic acid groups (broad SMARTS) is 2. The zero-order chi connectivity index (χ0) is 26.1. The van der Waals surface area contributed by atoms with Gasteiger partial charge in [0, 0.05) is 31.3 Å². The molecule has 35 heavy (non-hydrogen) atoms. The largest absolute Gasteiger partial charge is 0.481 e. The van der Waals surface area contributed by atoms with Crippen LogP contribution in [0.4, 0.5) is 0 Å². The van der Waals surface area contributed by atoms with Crippen molar-refractivity contribution in [3.63, 3.8) is 0 Å². The van der Waals surface area contributed by atoms with Gasteiger partial charge in [-0.1, -0.05) is 20.3 Å². The molecule has 1 saturated heterocycles. The van der Waals surface area contributed by atoms with Crippen molar-refractivity contribution in [3.05, 3.63) is 18.2 Å². The first-order valence-corrected chi connectivity index (χ1v) is 11.6. The molecule has 1 fully saturated rings. The number of aromatic amines is 1. The summed E-state index contributed by atoms with van der Waals surface area (Å²) in [5, 5.41) is 23.5. The third-order valence-electron chi connectivity index (χ3n) is 6.21. The number of nitrogens with two attached hydrogens (primary N) is 1. The lowest BCUT2D eigenvalue weighted by Gasteiger charge is -2.30. The normalized spacial score (nSPS) is 18.8. The highest BCUT2D eigenvalue weighted by molar-refractivity contribution is 5.94. The first-order chi connectivity index (χ1) is 16.5. The van der Waals surface area contributed by atoms with Crippen LogP contribution in [-0.4, -0.2) is 85.5 Å². The van der Waals surface area contributed by atoms with Gasteiger partial charge >= 0.3 is 11.9 Å². The van der Waals surface area contributed by atoms with Crippen molar-refractivity contribution in [2.45, 2.75) is 76.5 Å². The number of nitrogens with zero attached hydrogens (tertiary/aromatic N) is 2. The number of hydrogen-bond acceptors (Lipinski definition) is 7. The van der Waals surface area contributed by atoms with Crippen LogP contribution in [0, 0.1) is 5.92 Å². The first-order valence-electron chi connectivity index (χ1n) is 11.6. The van der Waals surface area contributed by atoms with E-state index < -0.39 is 53.8 Å². The summed E-state index contributed by atoms with van der Waals surface area (Å²) < 4.78 is 0. The highest BCUT2D eigenvalue weighted by Gasteiger charge is 2.39. The Balaban J connectivity index is 2.17. The van der Waals surface area contributed by atoms with Gasteiger partial charge in [0.05, 0.1) is 12.4 Å². The van der Waals surface area contributed by atoms with Crippen LogP contribution in [0.3, 0.4) is 0 Å². The smallest absolute Gasteiger partial charge is 0.326 e. The van der Waals surface area contributed by atoms with Crippen LogP contribution in [0.25, 0.3) is 0 Å². The molecular weight excluding hydrogens is 460 g/mol. The summed E-state index contributed by atoms with van der Waals surface area (Å²) in [6, 6.07) is -4.18. The van der Waals surface area contributed by atoms with E-state index in [1.807, 2.05) is 6.92 Å². The number of hydrogen-bond donors (Lipinski definition) is 6. The minimum Gasteiger partial charge on any atom is -0.481 e. The molecule has 0 spiro atoms. The summed E-state index contributed by atoms with van der Waals surface area (Å²) in [5.74, 6) is -4.32. The van der Waals surface area contributed by atoms with Crippen LogP contribution in [0.1, 0.15) is 51.6 Å². The second-order valence-corrected chi connectivity index (χ2v) is 8.78. The van der Waals surface area contributed by atoms with E-state index in [1.54, 1.807) is 6.92 Å². The number of imidazole rings is 1. The second kappa shape index (κ2) is 12.8. The van der Waals surface area contributed by atoms with Crippen molar-refractivity contribution < 1.29 is 34.2 Å². The lowest BCUT2D eigenvalue weighted by Crippen LogP contribution is -2.57. The Morgan fingerprint density at radius 3 is 2.54 bits per heavy atom. The number of aliphatic carboxylic acids is 2. The standard InChI is InChI=1S/C22H34N6O7/c1-3-12(2)18(22(34)35)27-20(32)16-5-4-8-28(16)21(33)15(9-13-10-24-11-25-13)26-19(31)14(23)6-7-17(29)30/h10-12,14-16,18H,3-9,23H2,1-2H3,(H,24,25)(H,26,31)(H,27,32)(H,29,30)(H,34,35). The van der Waals surface area contributed by atoms with Gasteiger partial charge < -0.3 is 36.5 Å². The number of rotatable bonds is 13. The average Bonchev–Trinajstić information content (AvgIpc) is 3.51. The van der Waals surface area contributed by atoms with Crippen LogP contribution >= 0.6 is 0 Å². The van der Waals surface area contributed by atoms with Crippen LogP contribution in [-0.2, 0) is 30.4 Å². The van der Waals surface area contributed by atoms with Crippen LogP contribution in [0.5, 0.6) is 0 Å². The molecule has 0 aromatic carbocycles. The molecule has 13 nitrogen and oxygen atoms in total. The van der Waals surface area contributed by atoms with Crippen molar-refractivity contribution in [1.29, 1.82) is 0 Å². The SMILES string of the molecule is CCC(C)C(NC(=O)C1CCCN1C(=O)C(Cc1cnc[nH]1)NC(=O)C(N)CCC(=O)O)C(=O)O. The van der Waals surface area contributed by atoms with Gasteiger partial charge in [-0.15, -0.1) is 0 Å². The summed E-state index contributed by atoms with van der Waals surface area (Å²) in [4.78, 5) is 69.6. The molecule has 2 rings (SSSR count). The fourth-order valence-electron chi connectivity index (χ4n) is 3.94. The van der Waals surface area contributed by atoms with Crippen LogP contribution < -0.4 is 16.4 Å². The van der Waals surface area contributed by atoms with E-state index in [9.17, 15) is 29.1 Å². The number of carbonyl (C=O) groups is 5. The Morgan fingerprint density at radius 2 is 1.97 bits per heavy atom. The van der Waals surface area contributed by atoms with E-state index in [1.165, 1.54) is 17.4 Å². The van der Waals surface area contributed by atoms with Crippen molar-refractivity contribution in [3.8, 4) is 0 Å². The zero-order valence-electron chi connectivity index (χ0n) is 19.9. The number of amides is 3. The molecule has 1 aromatic heterocycles. The topological polar surface area (TPSA) is 208 Å². The highest BCUT2D eigenvalue weighted by atomic mass is 16.4. The Hall–Kier alpha value is -3.48. The molecule has 194 valence electrons. The zero-order valence-corrected chi connectivity index (χ0v) is 19.9. The maximum atomic E-state index is 13.5. The molecular formula is C22H34N6O7. The molecule has 2 heterocycles. The van der Waals surface area contributed by atoms with Gasteiger partial charge in [-0.3, -0.25) is 19.2 Å². The lowest BCUT2D eigenvalue weighted by atomic mass is 9.98. The van der Waals surface area contributed by atoms with Crippen molar-refractivity contribution >= 4 is 29.7 Å². The van der Waals surface area contributed by atoms with Crippen molar-refractivity contribution in [2.75, 3.05) is 6.54 Å². The summed E-state index contributed by atoms with van der Waals surface area (Å²) in [6.07, 6.45) is 3.99. The number of carbonyl (C=O) groups excluding carboxylic acids is 3. The summed E-state index contributed by atoms with van der Waals surface area (Å²) in [5.41, 5.74) is 6.36. The molecule has 1 aliphatic heterocycles. The first kappa shape index (κ1) is 27.8. The Kier molecular flexibility index (Phi) is 10.2. The quantitative estimate of drug-likeness (QED) is 0.203. The minimum atomic E-state index is -1.15. The number of aromatic nitrogens is 2. The molecule has 1 aliphatic rings. The molecule has 7 N–H and O–H groups in total. The van der Waals surface area contributed by atoms with E-state index in [0.717, 1.165) is 0 Å². The van der Waals surface area contributed by atoms with E-state index >= 15 is 0 Å². The van der Waals surface area contributed by atoms with Gasteiger partial charge in [0.15, 0.2) is 0 Å². The maximum Gasteiger partial charge on any atom is 0.326 e. The van der Waals surface area contributed by atoms with Gasteiger partial charge in [0.2, 0.25) is 17.7 Å². The van der Waals surface area contributed by atoms with E-state index in [-0.39, 0.29) is 31.7 Å². The fourth-order valence-corrected chi connectivity index (χ4v) is 3.94. The van der Waals surface area contributed by atoms with Crippen LogP contribution in [0.15, 0.2) is 12.5 Å². The summed E-state index contributed by atoms with van der Waals surface area (Å²) in [6.45, 7) is 3.81. The third kappa shape index (κ3) is 7.77. The molecule has 0 radical (unpaired) electrons. The molecule has 5 atom stereocenters. The number of nitrogens with one attached hydrogen (secondary N) is 3. The Morgan fingerprint density at radius 1 is 1.26 bits per heavy atom. The number of carboxylic acids is 2. The van der Waals surface area contributed by atoms with E-state index in [4.69, 9.17) is 10.8 Å². The van der Waals surface area contributed by atoms with Crippen molar-refractivity contribution in [1.82, 2.24) is 25.5 Å².